The Labute approximate surface area is 97.0 Å². The Balaban J connectivity index is 2.58. The van der Waals surface area contributed by atoms with Crippen molar-refractivity contribution in [1.82, 2.24) is 4.90 Å². The van der Waals surface area contributed by atoms with Gasteiger partial charge >= 0.3 is 0 Å². The smallest absolute Gasteiger partial charge is 0.0605 e. The van der Waals surface area contributed by atoms with E-state index in [9.17, 15) is 0 Å². The van der Waals surface area contributed by atoms with Gasteiger partial charge in [-0.25, -0.2) is 0 Å². The normalized spacial score (nSPS) is 9.87. The molecular formula is C13H16ClN. The van der Waals surface area contributed by atoms with Gasteiger partial charge in [-0.05, 0) is 31.3 Å². The molecule has 0 aliphatic carbocycles. The quantitative estimate of drug-likeness (QED) is 0.710. The molecule has 1 rings (SSSR count). The van der Waals surface area contributed by atoms with Gasteiger partial charge in [0.05, 0.1) is 6.54 Å². The van der Waals surface area contributed by atoms with Crippen molar-refractivity contribution < 1.29 is 0 Å². The Morgan fingerprint density at radius 3 is 2.60 bits per heavy atom. The Morgan fingerprint density at radius 1 is 1.27 bits per heavy atom. The summed E-state index contributed by atoms with van der Waals surface area (Å²) in [5.74, 6) is 6.26. The summed E-state index contributed by atoms with van der Waals surface area (Å²) in [5, 5.41) is 0.740. The van der Waals surface area contributed by atoms with Crippen molar-refractivity contribution in [2.45, 2.75) is 13.8 Å². The predicted octanol–water partition coefficient (Wildman–Crippen LogP) is 3.03. The van der Waals surface area contributed by atoms with E-state index >= 15 is 0 Å². The largest absolute Gasteiger partial charge is 0.293 e. The molecule has 1 aromatic rings. The number of halogens is 1. The Kier molecular flexibility index (Phi) is 5.25. The molecule has 0 N–H and O–H groups in total. The van der Waals surface area contributed by atoms with Gasteiger partial charge in [-0.15, -0.1) is 0 Å². The molecule has 15 heavy (non-hydrogen) atoms. The molecule has 1 aromatic carbocycles. The maximum Gasteiger partial charge on any atom is 0.0605 e. The molecule has 0 fully saturated rings. The maximum atomic E-state index is 5.86. The van der Waals surface area contributed by atoms with Gasteiger partial charge in [-0.2, -0.15) is 0 Å². The lowest BCUT2D eigenvalue weighted by Crippen LogP contribution is -2.22. The number of benzene rings is 1. The van der Waals surface area contributed by atoms with Gasteiger partial charge in [0.25, 0.3) is 0 Å². The average molecular weight is 222 g/mol. The molecule has 2 heteroatoms. The molecule has 0 heterocycles. The molecule has 0 saturated carbocycles. The van der Waals surface area contributed by atoms with E-state index < -0.39 is 0 Å². The second-order valence-electron chi connectivity index (χ2n) is 3.27. The lowest BCUT2D eigenvalue weighted by atomic mass is 10.2. The van der Waals surface area contributed by atoms with Crippen molar-refractivity contribution in [3.63, 3.8) is 0 Å². The van der Waals surface area contributed by atoms with Gasteiger partial charge in [-0.1, -0.05) is 43.4 Å². The van der Waals surface area contributed by atoms with E-state index in [1.54, 1.807) is 0 Å². The summed E-state index contributed by atoms with van der Waals surface area (Å²) in [4.78, 5) is 2.28. The zero-order chi connectivity index (χ0) is 11.1. The highest BCUT2D eigenvalue weighted by Gasteiger charge is 1.93. The Bertz CT molecular complexity index is 358. The van der Waals surface area contributed by atoms with Gasteiger partial charge in [0.1, 0.15) is 0 Å². The van der Waals surface area contributed by atoms with Crippen LogP contribution in [-0.2, 0) is 0 Å². The minimum Gasteiger partial charge on any atom is -0.293 e. The zero-order valence-corrected chi connectivity index (χ0v) is 10.0. The van der Waals surface area contributed by atoms with Gasteiger partial charge in [0, 0.05) is 10.6 Å². The first-order valence-corrected chi connectivity index (χ1v) is 5.60. The SMILES string of the molecule is CCN(CC)CC#Cc1cccc(Cl)c1. The molecule has 0 spiro atoms. The standard InChI is InChI=1S/C13H16ClN/c1-3-15(4-2)10-6-8-12-7-5-9-13(14)11-12/h5,7,9,11H,3-4,10H2,1-2H3. The summed E-state index contributed by atoms with van der Waals surface area (Å²) in [7, 11) is 0. The van der Waals surface area contributed by atoms with Crippen LogP contribution in [0.2, 0.25) is 5.02 Å². The van der Waals surface area contributed by atoms with Crippen molar-refractivity contribution in [2.24, 2.45) is 0 Å². The zero-order valence-electron chi connectivity index (χ0n) is 9.26. The molecule has 1 nitrogen and oxygen atoms in total. The van der Waals surface area contributed by atoms with Crippen LogP contribution in [0.25, 0.3) is 0 Å². The van der Waals surface area contributed by atoms with Crippen molar-refractivity contribution in [1.29, 1.82) is 0 Å². The summed E-state index contributed by atoms with van der Waals surface area (Å²) in [6.07, 6.45) is 0. The second-order valence-corrected chi connectivity index (χ2v) is 3.71. The third-order valence-corrected chi connectivity index (χ3v) is 2.49. The van der Waals surface area contributed by atoms with Gasteiger partial charge in [0.15, 0.2) is 0 Å². The number of hydrogen-bond donors (Lipinski definition) is 0. The molecular weight excluding hydrogens is 206 g/mol. The summed E-state index contributed by atoms with van der Waals surface area (Å²) in [6.45, 7) is 7.19. The molecule has 0 aliphatic heterocycles. The lowest BCUT2D eigenvalue weighted by Gasteiger charge is -2.13. The third-order valence-electron chi connectivity index (χ3n) is 2.25. The average Bonchev–Trinajstić information content (AvgIpc) is 2.25. The van der Waals surface area contributed by atoms with Gasteiger partial charge in [0.2, 0.25) is 0 Å². The maximum absolute atomic E-state index is 5.86. The van der Waals surface area contributed by atoms with Crippen LogP contribution in [0.4, 0.5) is 0 Å². The van der Waals surface area contributed by atoms with Crippen molar-refractivity contribution in [2.75, 3.05) is 19.6 Å². The van der Waals surface area contributed by atoms with E-state index in [1.165, 1.54) is 0 Å². The Morgan fingerprint density at radius 2 is 2.00 bits per heavy atom. The first-order valence-electron chi connectivity index (χ1n) is 5.23. The van der Waals surface area contributed by atoms with Crippen molar-refractivity contribution in [3.8, 4) is 11.8 Å². The summed E-state index contributed by atoms with van der Waals surface area (Å²) < 4.78 is 0. The fourth-order valence-electron chi connectivity index (χ4n) is 1.27. The van der Waals surface area contributed by atoms with Crippen LogP contribution >= 0.6 is 11.6 Å². The predicted molar refractivity (Wildman–Crippen MR) is 66.1 cm³/mol. The van der Waals surface area contributed by atoms with E-state index in [2.05, 4.69) is 30.6 Å². The first-order chi connectivity index (χ1) is 7.26. The molecule has 80 valence electrons. The van der Waals surface area contributed by atoms with Crippen molar-refractivity contribution in [3.05, 3.63) is 34.9 Å². The van der Waals surface area contributed by atoms with Crippen LogP contribution in [-0.4, -0.2) is 24.5 Å². The second kappa shape index (κ2) is 6.50. The van der Waals surface area contributed by atoms with E-state index in [4.69, 9.17) is 11.6 Å². The van der Waals surface area contributed by atoms with E-state index in [1.807, 2.05) is 24.3 Å². The fraction of sp³-hybridized carbons (Fsp3) is 0.385. The van der Waals surface area contributed by atoms with Crippen LogP contribution < -0.4 is 0 Å². The summed E-state index contributed by atoms with van der Waals surface area (Å²) in [5.41, 5.74) is 0.981. The molecule has 0 unspecified atom stereocenters. The van der Waals surface area contributed by atoms with Crippen LogP contribution in [0, 0.1) is 11.8 Å². The minimum atomic E-state index is 0.740. The van der Waals surface area contributed by atoms with Crippen LogP contribution in [0.5, 0.6) is 0 Å². The molecule has 0 aliphatic rings. The Hall–Kier alpha value is -0.970. The van der Waals surface area contributed by atoms with E-state index in [0.717, 1.165) is 30.2 Å². The highest BCUT2D eigenvalue weighted by Crippen LogP contribution is 2.09. The molecule has 0 radical (unpaired) electrons. The van der Waals surface area contributed by atoms with Crippen LogP contribution in [0.3, 0.4) is 0 Å². The lowest BCUT2D eigenvalue weighted by molar-refractivity contribution is 0.342. The van der Waals surface area contributed by atoms with Crippen molar-refractivity contribution >= 4 is 11.6 Å². The topological polar surface area (TPSA) is 3.24 Å². The van der Waals surface area contributed by atoms with Gasteiger partial charge < -0.3 is 0 Å². The first kappa shape index (κ1) is 12.1. The third kappa shape index (κ3) is 4.38. The highest BCUT2D eigenvalue weighted by atomic mass is 35.5. The molecule has 0 bridgehead atoms. The fourth-order valence-corrected chi connectivity index (χ4v) is 1.46. The number of nitrogens with zero attached hydrogens (tertiary/aromatic N) is 1. The highest BCUT2D eigenvalue weighted by molar-refractivity contribution is 6.30. The summed E-state index contributed by atoms with van der Waals surface area (Å²) in [6, 6.07) is 7.64. The molecule has 0 atom stereocenters. The molecule has 0 aromatic heterocycles. The summed E-state index contributed by atoms with van der Waals surface area (Å²) >= 11 is 5.86. The molecule has 0 amide bonds. The van der Waals surface area contributed by atoms with Crippen LogP contribution in [0.15, 0.2) is 24.3 Å². The minimum absolute atomic E-state index is 0.740. The van der Waals surface area contributed by atoms with E-state index in [0.29, 0.717) is 0 Å². The van der Waals surface area contributed by atoms with Crippen LogP contribution in [0.1, 0.15) is 19.4 Å². The number of hydrogen-bond acceptors (Lipinski definition) is 1. The van der Waals surface area contributed by atoms with E-state index in [-0.39, 0.29) is 0 Å². The monoisotopic (exact) mass is 221 g/mol. The molecule has 0 saturated heterocycles. The van der Waals surface area contributed by atoms with Gasteiger partial charge in [-0.3, -0.25) is 4.90 Å². The number of rotatable bonds is 3.